The molecule has 1 amide bonds. The Morgan fingerprint density at radius 2 is 2.20 bits per heavy atom. The summed E-state index contributed by atoms with van der Waals surface area (Å²) in [6, 6.07) is 0. The van der Waals surface area contributed by atoms with Gasteiger partial charge in [-0.05, 0) is 13.8 Å². The van der Waals surface area contributed by atoms with Crippen LogP contribution in [0.25, 0.3) is 0 Å². The molecule has 0 aliphatic carbocycles. The third kappa shape index (κ3) is 3.03. The van der Waals surface area contributed by atoms with Crippen molar-refractivity contribution in [2.45, 2.75) is 13.8 Å². The largest absolute Gasteiger partial charge is 0.271 e. The summed E-state index contributed by atoms with van der Waals surface area (Å²) < 4.78 is 0. The fraction of sp³-hybridized carbons (Fsp3) is 0.833. The van der Waals surface area contributed by atoms with E-state index in [9.17, 15) is 4.79 Å². The number of carbonyl (C=O) groups excluding carboxylic acids is 1. The Morgan fingerprint density at radius 3 is 2.50 bits per heavy atom. The van der Waals surface area contributed by atoms with Gasteiger partial charge >= 0.3 is 0 Å². The van der Waals surface area contributed by atoms with E-state index in [-0.39, 0.29) is 11.8 Å². The van der Waals surface area contributed by atoms with E-state index < -0.39 is 0 Å². The number of alkyl halides is 1. The summed E-state index contributed by atoms with van der Waals surface area (Å²) in [4.78, 5) is 15.7. The number of halogens is 1. The smallest absolute Gasteiger partial charge is 0.261 e. The quantitative estimate of drug-likeness (QED) is 0.460. The molecule has 0 heterocycles. The van der Waals surface area contributed by atoms with Crippen molar-refractivity contribution in [2.24, 2.45) is 0 Å². The third-order valence-corrected chi connectivity index (χ3v) is 1.19. The molecule has 0 saturated carbocycles. The van der Waals surface area contributed by atoms with E-state index in [1.165, 1.54) is 5.06 Å². The molecule has 0 unspecified atom stereocenters. The first-order valence-electron chi connectivity index (χ1n) is 3.25. The lowest BCUT2D eigenvalue weighted by Gasteiger charge is -2.17. The Bertz CT molecular complexity index is 108. The molecule has 0 atom stereocenters. The molecule has 0 aromatic rings. The van der Waals surface area contributed by atoms with E-state index in [4.69, 9.17) is 16.4 Å². The predicted octanol–water partition coefficient (Wildman–Crippen LogP) is 1.03. The molecular formula is C6H12ClNO2. The zero-order chi connectivity index (χ0) is 7.98. The average Bonchev–Trinajstić information content (AvgIpc) is 1.99. The van der Waals surface area contributed by atoms with Crippen LogP contribution >= 0.6 is 11.6 Å². The first kappa shape index (κ1) is 9.72. The van der Waals surface area contributed by atoms with Gasteiger partial charge in [0.1, 0.15) is 5.88 Å². The zero-order valence-electron chi connectivity index (χ0n) is 6.26. The molecule has 4 heteroatoms. The van der Waals surface area contributed by atoms with Gasteiger partial charge in [-0.3, -0.25) is 9.63 Å². The van der Waals surface area contributed by atoms with Crippen LogP contribution in [-0.2, 0) is 9.63 Å². The van der Waals surface area contributed by atoms with Crippen molar-refractivity contribution in [1.82, 2.24) is 5.06 Å². The predicted molar refractivity (Wildman–Crippen MR) is 39.7 cm³/mol. The number of rotatable bonds is 4. The van der Waals surface area contributed by atoms with Gasteiger partial charge in [0.25, 0.3) is 5.91 Å². The molecule has 0 N–H and O–H groups in total. The number of hydroxylamine groups is 2. The maximum Gasteiger partial charge on any atom is 0.261 e. The molecule has 0 radical (unpaired) electrons. The minimum absolute atomic E-state index is 0.0200. The Labute approximate surface area is 65.9 Å². The summed E-state index contributed by atoms with van der Waals surface area (Å²) in [7, 11) is 0. The average molecular weight is 166 g/mol. The van der Waals surface area contributed by atoms with Gasteiger partial charge in [-0.1, -0.05) is 0 Å². The maximum absolute atomic E-state index is 10.8. The van der Waals surface area contributed by atoms with E-state index in [0.717, 1.165) is 0 Å². The van der Waals surface area contributed by atoms with Crippen LogP contribution in [0.1, 0.15) is 13.8 Å². The van der Waals surface area contributed by atoms with Gasteiger partial charge < -0.3 is 0 Å². The lowest BCUT2D eigenvalue weighted by atomic mass is 10.6. The summed E-state index contributed by atoms with van der Waals surface area (Å²) in [5.41, 5.74) is 0. The molecule has 0 saturated heterocycles. The van der Waals surface area contributed by atoms with Gasteiger partial charge in [-0.15, -0.1) is 11.6 Å². The number of hydrogen-bond donors (Lipinski definition) is 0. The molecule has 0 aromatic carbocycles. The van der Waals surface area contributed by atoms with Crippen molar-refractivity contribution in [2.75, 3.05) is 19.0 Å². The summed E-state index contributed by atoms with van der Waals surface area (Å²) in [5, 5.41) is 1.26. The monoisotopic (exact) mass is 165 g/mol. The maximum atomic E-state index is 10.8. The van der Waals surface area contributed by atoms with E-state index in [1.807, 2.05) is 13.8 Å². The van der Waals surface area contributed by atoms with Crippen LogP contribution in [0.3, 0.4) is 0 Å². The van der Waals surface area contributed by atoms with Crippen LogP contribution in [-0.4, -0.2) is 30.0 Å². The molecule has 10 heavy (non-hydrogen) atoms. The summed E-state index contributed by atoms with van der Waals surface area (Å²) in [6.07, 6.45) is 0. The third-order valence-electron chi connectivity index (χ3n) is 0.965. The van der Waals surface area contributed by atoms with Gasteiger partial charge in [0.15, 0.2) is 0 Å². The Hall–Kier alpha value is -0.280. The van der Waals surface area contributed by atoms with Crippen LogP contribution in [0.4, 0.5) is 0 Å². The second-order valence-corrected chi connectivity index (χ2v) is 1.91. The standard InChI is InChI=1S/C6H12ClNO2/c1-3-8(10-4-2)6(9)5-7/h3-5H2,1-2H3. The molecule has 0 aromatic heterocycles. The van der Waals surface area contributed by atoms with Crippen molar-refractivity contribution < 1.29 is 9.63 Å². The highest BCUT2D eigenvalue weighted by molar-refractivity contribution is 6.27. The van der Waals surface area contributed by atoms with Crippen molar-refractivity contribution in [3.63, 3.8) is 0 Å². The molecule has 0 bridgehead atoms. The van der Waals surface area contributed by atoms with E-state index in [2.05, 4.69) is 0 Å². The molecular weight excluding hydrogens is 154 g/mol. The number of nitrogens with zero attached hydrogens (tertiary/aromatic N) is 1. The first-order valence-corrected chi connectivity index (χ1v) is 3.78. The van der Waals surface area contributed by atoms with Gasteiger partial charge in [0.2, 0.25) is 0 Å². The Kier molecular flexibility index (Phi) is 5.35. The first-order chi connectivity index (χ1) is 4.76. The second kappa shape index (κ2) is 5.50. The van der Waals surface area contributed by atoms with Gasteiger partial charge in [-0.2, -0.15) is 0 Å². The van der Waals surface area contributed by atoms with Crippen molar-refractivity contribution in [1.29, 1.82) is 0 Å². The molecule has 60 valence electrons. The van der Waals surface area contributed by atoms with E-state index >= 15 is 0 Å². The topological polar surface area (TPSA) is 29.5 Å². The highest BCUT2D eigenvalue weighted by Gasteiger charge is 2.08. The minimum Gasteiger partial charge on any atom is -0.271 e. The lowest BCUT2D eigenvalue weighted by Crippen LogP contribution is -2.31. The van der Waals surface area contributed by atoms with Crippen LogP contribution in [0.15, 0.2) is 0 Å². The van der Waals surface area contributed by atoms with Crippen molar-refractivity contribution in [3.8, 4) is 0 Å². The fourth-order valence-electron chi connectivity index (χ4n) is 0.562. The number of amides is 1. The molecule has 0 spiro atoms. The van der Waals surface area contributed by atoms with Crippen LogP contribution in [0.2, 0.25) is 0 Å². The molecule has 3 nitrogen and oxygen atoms in total. The van der Waals surface area contributed by atoms with Crippen LogP contribution in [0, 0.1) is 0 Å². The summed E-state index contributed by atoms with van der Waals surface area (Å²) >= 11 is 5.29. The van der Waals surface area contributed by atoms with Gasteiger partial charge in [0, 0.05) is 6.54 Å². The van der Waals surface area contributed by atoms with E-state index in [1.54, 1.807) is 0 Å². The number of hydrogen-bond acceptors (Lipinski definition) is 2. The molecule has 0 rings (SSSR count). The summed E-state index contributed by atoms with van der Waals surface area (Å²) in [5.74, 6) is -0.209. The zero-order valence-corrected chi connectivity index (χ0v) is 7.02. The highest BCUT2D eigenvalue weighted by Crippen LogP contribution is 1.92. The molecule has 0 fully saturated rings. The Balaban J connectivity index is 3.68. The van der Waals surface area contributed by atoms with Crippen LogP contribution in [0.5, 0.6) is 0 Å². The summed E-state index contributed by atoms with van der Waals surface area (Å²) in [6.45, 7) is 4.69. The van der Waals surface area contributed by atoms with Crippen molar-refractivity contribution >= 4 is 17.5 Å². The van der Waals surface area contributed by atoms with Gasteiger partial charge in [0.05, 0.1) is 6.61 Å². The normalized spacial score (nSPS) is 9.50. The highest BCUT2D eigenvalue weighted by atomic mass is 35.5. The van der Waals surface area contributed by atoms with Crippen molar-refractivity contribution in [3.05, 3.63) is 0 Å². The second-order valence-electron chi connectivity index (χ2n) is 1.64. The fourth-order valence-corrected chi connectivity index (χ4v) is 0.695. The van der Waals surface area contributed by atoms with Crippen LogP contribution < -0.4 is 0 Å². The minimum atomic E-state index is -0.189. The SMILES string of the molecule is CCON(CC)C(=O)CCl. The van der Waals surface area contributed by atoms with Gasteiger partial charge in [-0.25, -0.2) is 5.06 Å². The Morgan fingerprint density at radius 1 is 1.60 bits per heavy atom. The van der Waals surface area contributed by atoms with E-state index in [0.29, 0.717) is 13.2 Å². The number of carbonyl (C=O) groups is 1. The molecule has 0 aliphatic heterocycles. The lowest BCUT2D eigenvalue weighted by molar-refractivity contribution is -0.180. The molecule has 0 aliphatic rings.